The summed E-state index contributed by atoms with van der Waals surface area (Å²) in [6.07, 6.45) is 1.70. The molecule has 1 unspecified atom stereocenters. The van der Waals surface area contributed by atoms with Crippen LogP contribution in [0.5, 0.6) is 0 Å². The predicted octanol–water partition coefficient (Wildman–Crippen LogP) is 2.72. The van der Waals surface area contributed by atoms with Gasteiger partial charge in [-0.1, -0.05) is 0 Å². The van der Waals surface area contributed by atoms with Crippen LogP contribution in [0.2, 0.25) is 0 Å². The average Bonchev–Trinajstić information content (AvgIpc) is 2.73. The van der Waals surface area contributed by atoms with Crippen molar-refractivity contribution in [3.63, 3.8) is 0 Å². The second kappa shape index (κ2) is 7.54. The maximum atomic E-state index is 6.84. The summed E-state index contributed by atoms with van der Waals surface area (Å²) in [4.78, 5) is 7.49. The van der Waals surface area contributed by atoms with Gasteiger partial charge in [-0.25, -0.2) is 16.2 Å². The van der Waals surface area contributed by atoms with Crippen molar-refractivity contribution in [2.24, 2.45) is 0 Å². The fourth-order valence-corrected chi connectivity index (χ4v) is 3.65. The molecule has 0 N–H and O–H groups in total. The van der Waals surface area contributed by atoms with E-state index >= 15 is 0 Å². The summed E-state index contributed by atoms with van der Waals surface area (Å²) in [7, 11) is -1.06. The van der Waals surface area contributed by atoms with E-state index in [1.165, 1.54) is 0 Å². The topological polar surface area (TPSA) is 47.5 Å². The average molecular weight is 283 g/mol. The van der Waals surface area contributed by atoms with Gasteiger partial charge < -0.3 is 9.37 Å². The van der Waals surface area contributed by atoms with Crippen molar-refractivity contribution in [3.8, 4) is 0 Å². The van der Waals surface area contributed by atoms with Crippen LogP contribution in [-0.4, -0.2) is 44.4 Å². The molecule has 106 valence electrons. The van der Waals surface area contributed by atoms with Gasteiger partial charge in [-0.05, 0) is 34.6 Å². The Morgan fingerprint density at radius 3 is 2.47 bits per heavy atom. The molecule has 0 saturated heterocycles. The third-order valence-corrected chi connectivity index (χ3v) is 4.71. The van der Waals surface area contributed by atoms with Gasteiger partial charge in [0.2, 0.25) is 15.0 Å². The van der Waals surface area contributed by atoms with Crippen LogP contribution in [0.1, 0.15) is 33.5 Å². The molecule has 1 atom stereocenters. The highest BCUT2D eigenvalue weighted by Gasteiger charge is 2.28. The van der Waals surface area contributed by atoms with Crippen LogP contribution >= 0.6 is 8.45 Å². The van der Waals surface area contributed by atoms with Crippen LogP contribution in [-0.2, 0) is 4.52 Å². The summed E-state index contributed by atoms with van der Waals surface area (Å²) in [6, 6.07) is 0.673. The Balaban J connectivity index is 2.93. The van der Waals surface area contributed by atoms with Gasteiger partial charge in [0.1, 0.15) is 18.8 Å². The van der Waals surface area contributed by atoms with E-state index in [0.717, 1.165) is 5.82 Å². The molecule has 0 aliphatic rings. The zero-order chi connectivity index (χ0) is 14.4. The lowest BCUT2D eigenvalue weighted by molar-refractivity contribution is 0.252. The summed E-state index contributed by atoms with van der Waals surface area (Å²) >= 11 is 0. The van der Waals surface area contributed by atoms with E-state index in [9.17, 15) is 0 Å². The molecular formula is C12H22N5OP. The molecule has 0 amide bonds. The molecule has 0 aliphatic heterocycles. The first-order valence-corrected chi connectivity index (χ1v) is 7.57. The number of rotatable bonds is 7. The molecule has 0 radical (unpaired) electrons. The lowest BCUT2D eigenvalue weighted by atomic mass is 10.3. The van der Waals surface area contributed by atoms with Gasteiger partial charge in [-0.15, -0.1) is 5.10 Å². The Bertz CT molecular complexity index is 418. The molecule has 19 heavy (non-hydrogen) atoms. The van der Waals surface area contributed by atoms with E-state index in [1.54, 1.807) is 10.8 Å². The number of aromatic nitrogens is 3. The van der Waals surface area contributed by atoms with E-state index in [4.69, 9.17) is 11.1 Å². The van der Waals surface area contributed by atoms with E-state index in [2.05, 4.69) is 47.3 Å². The van der Waals surface area contributed by atoms with Crippen LogP contribution in [0.4, 0.5) is 0 Å². The quantitative estimate of drug-likeness (QED) is 0.438. The highest BCUT2D eigenvalue weighted by Crippen LogP contribution is 2.45. The predicted molar refractivity (Wildman–Crippen MR) is 76.6 cm³/mol. The Hall–Kier alpha value is -1.02. The summed E-state index contributed by atoms with van der Waals surface area (Å²) in [5.41, 5.74) is 0. The number of aryl methyl sites for hydroxylation is 1. The largest absolute Gasteiger partial charge is 0.318 e. The summed E-state index contributed by atoms with van der Waals surface area (Å²) < 4.78 is 9.96. The molecule has 6 nitrogen and oxygen atoms in total. The lowest BCUT2D eigenvalue weighted by Crippen LogP contribution is -2.35. The molecule has 1 aromatic rings. The zero-order valence-corrected chi connectivity index (χ0v) is 13.1. The number of hydrogen-bond acceptors (Lipinski definition) is 4. The van der Waals surface area contributed by atoms with Crippen molar-refractivity contribution >= 4 is 8.45 Å². The van der Waals surface area contributed by atoms with E-state index in [1.807, 2.05) is 6.92 Å². The minimum atomic E-state index is -1.06. The monoisotopic (exact) mass is 283 g/mol. The van der Waals surface area contributed by atoms with Gasteiger partial charge in [-0.2, -0.15) is 4.45 Å². The van der Waals surface area contributed by atoms with Crippen LogP contribution < -0.4 is 0 Å². The standard InChI is InChI=1S/C12H22N5OP/c1-10(2)17(11(3)4)19(18-8-7-13-6)16-9-14-12(5)15-16/h9-11H,7-8H2,1-5H3. The van der Waals surface area contributed by atoms with Crippen LogP contribution in [0.3, 0.4) is 0 Å². The van der Waals surface area contributed by atoms with Crippen molar-refractivity contribution in [1.29, 1.82) is 0 Å². The lowest BCUT2D eigenvalue weighted by Gasteiger charge is -2.35. The SMILES string of the molecule is [C-]#[N+]CCOP(N(C(C)C)C(C)C)n1cnc(C)n1. The molecule has 1 rings (SSSR count). The fourth-order valence-electron chi connectivity index (χ4n) is 1.81. The van der Waals surface area contributed by atoms with Gasteiger partial charge in [0, 0.05) is 12.1 Å². The summed E-state index contributed by atoms with van der Waals surface area (Å²) in [6.45, 7) is 18.0. The maximum Gasteiger partial charge on any atom is 0.241 e. The second-order valence-corrected chi connectivity index (χ2v) is 6.38. The number of hydrogen-bond donors (Lipinski definition) is 0. The second-order valence-electron chi connectivity index (χ2n) is 4.75. The first kappa shape index (κ1) is 16.0. The molecule has 0 spiro atoms. The van der Waals surface area contributed by atoms with E-state index in [0.29, 0.717) is 25.2 Å². The van der Waals surface area contributed by atoms with Crippen molar-refractivity contribution in [2.75, 3.05) is 13.2 Å². The van der Waals surface area contributed by atoms with E-state index < -0.39 is 8.45 Å². The third kappa shape index (κ3) is 4.54. The highest BCUT2D eigenvalue weighted by molar-refractivity contribution is 7.48. The van der Waals surface area contributed by atoms with E-state index in [-0.39, 0.29) is 0 Å². The third-order valence-electron chi connectivity index (χ3n) is 2.44. The minimum Gasteiger partial charge on any atom is -0.318 e. The molecule has 1 aromatic heterocycles. The minimum absolute atomic E-state index is 0.337. The van der Waals surface area contributed by atoms with Crippen molar-refractivity contribution in [3.05, 3.63) is 23.6 Å². The van der Waals surface area contributed by atoms with Gasteiger partial charge in [0.25, 0.3) is 0 Å². The van der Waals surface area contributed by atoms with Gasteiger partial charge in [-0.3, -0.25) is 0 Å². The van der Waals surface area contributed by atoms with Crippen LogP contribution in [0.15, 0.2) is 6.33 Å². The first-order chi connectivity index (χ1) is 8.97. The van der Waals surface area contributed by atoms with Gasteiger partial charge in [0.15, 0.2) is 0 Å². The smallest absolute Gasteiger partial charge is 0.241 e. The van der Waals surface area contributed by atoms with Gasteiger partial charge >= 0.3 is 0 Å². The first-order valence-electron chi connectivity index (χ1n) is 6.40. The summed E-state index contributed by atoms with van der Waals surface area (Å²) in [5.74, 6) is 0.730. The fraction of sp³-hybridized carbons (Fsp3) is 0.750. The molecule has 0 aromatic carbocycles. The number of nitrogens with zero attached hydrogens (tertiary/aromatic N) is 5. The van der Waals surface area contributed by atoms with Crippen molar-refractivity contribution < 1.29 is 4.52 Å². The molecule has 7 heteroatoms. The summed E-state index contributed by atoms with van der Waals surface area (Å²) in [5, 5.41) is 4.37. The molecule has 1 heterocycles. The Labute approximate surface area is 116 Å². The molecule has 0 fully saturated rings. The Morgan fingerprint density at radius 1 is 1.42 bits per heavy atom. The van der Waals surface area contributed by atoms with Crippen LogP contribution in [0, 0.1) is 13.5 Å². The Morgan fingerprint density at radius 2 is 2.05 bits per heavy atom. The normalized spacial score (nSPS) is 13.2. The van der Waals surface area contributed by atoms with Crippen molar-refractivity contribution in [2.45, 2.75) is 46.7 Å². The van der Waals surface area contributed by atoms with Crippen LogP contribution in [0.25, 0.3) is 4.85 Å². The highest BCUT2D eigenvalue weighted by atomic mass is 31.2. The van der Waals surface area contributed by atoms with Gasteiger partial charge in [0.05, 0.1) is 0 Å². The maximum absolute atomic E-state index is 6.84. The molecule has 0 bridgehead atoms. The van der Waals surface area contributed by atoms with Crippen molar-refractivity contribution in [1.82, 2.24) is 19.2 Å². The zero-order valence-electron chi connectivity index (χ0n) is 12.2. The Kier molecular flexibility index (Phi) is 6.36. The molecule has 0 saturated carbocycles. The molecular weight excluding hydrogens is 261 g/mol. The molecule has 0 aliphatic carbocycles.